The number of carboxylic acids is 1. The topological polar surface area (TPSA) is 156 Å². The molecule has 0 saturated carbocycles. The van der Waals surface area contributed by atoms with Gasteiger partial charge in [0.15, 0.2) is 5.78 Å². The van der Waals surface area contributed by atoms with Crippen LogP contribution < -0.4 is 15.0 Å². The van der Waals surface area contributed by atoms with E-state index in [2.05, 4.69) is 10.1 Å². The Bertz CT molecular complexity index is 1640. The Morgan fingerprint density at radius 3 is 2.26 bits per heavy atom. The molecule has 0 spiro atoms. The first-order chi connectivity index (χ1) is 20.2. The molecule has 0 aromatic heterocycles. The zero-order chi connectivity index (χ0) is 31.3. The highest BCUT2D eigenvalue weighted by Crippen LogP contribution is 2.51. The van der Waals surface area contributed by atoms with E-state index < -0.39 is 64.7 Å². The number of carboxylic acid groups (broad SMARTS) is 1. The minimum absolute atomic E-state index is 0.0681. The molecule has 4 unspecified atom stereocenters. The third kappa shape index (κ3) is 5.32. The third-order valence-electron chi connectivity index (χ3n) is 7.65. The summed E-state index contributed by atoms with van der Waals surface area (Å²) in [6.45, 7) is 1.33. The molecule has 0 radical (unpaired) electrons. The van der Waals surface area contributed by atoms with E-state index in [-0.39, 0.29) is 22.7 Å². The van der Waals surface area contributed by atoms with E-state index >= 15 is 0 Å². The average molecular weight is 598 g/mol. The number of nitrogens with one attached hydrogen (secondary N) is 1. The minimum atomic E-state index is -5.02. The lowest BCUT2D eigenvalue weighted by Crippen LogP contribution is -2.57. The molecule has 43 heavy (non-hydrogen) atoms. The van der Waals surface area contributed by atoms with E-state index in [1.807, 2.05) is 0 Å². The highest BCUT2D eigenvalue weighted by molar-refractivity contribution is 6.24. The molecule has 3 aromatic carbocycles. The summed E-state index contributed by atoms with van der Waals surface area (Å²) in [5.74, 6) is -6.95. The van der Waals surface area contributed by atoms with Crippen LogP contribution in [0, 0.1) is 22.0 Å². The number of nitrogens with zero attached hydrogens (tertiary/aromatic N) is 2. The fourth-order valence-corrected chi connectivity index (χ4v) is 5.79. The summed E-state index contributed by atoms with van der Waals surface area (Å²) < 4.78 is 42.9. The van der Waals surface area contributed by atoms with Crippen molar-refractivity contribution in [3.8, 4) is 5.75 Å². The van der Waals surface area contributed by atoms with Gasteiger partial charge in [0.25, 0.3) is 5.69 Å². The quantitative estimate of drug-likeness (QED) is 0.168. The van der Waals surface area contributed by atoms with Gasteiger partial charge in [0.1, 0.15) is 11.3 Å². The first kappa shape index (κ1) is 29.4. The van der Waals surface area contributed by atoms with Crippen molar-refractivity contribution in [3.05, 3.63) is 99.6 Å². The van der Waals surface area contributed by atoms with Crippen molar-refractivity contribution in [1.29, 1.82) is 0 Å². The maximum Gasteiger partial charge on any atom is 0.573 e. The lowest BCUT2D eigenvalue weighted by molar-refractivity contribution is -0.384. The van der Waals surface area contributed by atoms with E-state index in [9.17, 15) is 47.6 Å². The summed E-state index contributed by atoms with van der Waals surface area (Å²) in [4.78, 5) is 63.9. The van der Waals surface area contributed by atoms with Crippen molar-refractivity contribution >= 4 is 34.9 Å². The van der Waals surface area contributed by atoms with Crippen molar-refractivity contribution < 1.29 is 47.1 Å². The number of non-ortho nitro benzene ring substituents is 1. The fraction of sp³-hybridized carbons (Fsp3) is 0.241. The number of carbonyl (C=O) groups excluding carboxylic acids is 3. The minimum Gasteiger partial charge on any atom is -0.480 e. The summed E-state index contributed by atoms with van der Waals surface area (Å²) in [6, 6.07) is 13.9. The molecule has 2 aliphatic rings. The molecule has 2 N–H and O–H groups in total. The number of ether oxygens (including phenoxy) is 1. The maximum atomic E-state index is 14.0. The molecule has 4 atom stereocenters. The average Bonchev–Trinajstić information content (AvgIpc) is 3.42. The lowest BCUT2D eigenvalue weighted by Gasteiger charge is -2.31. The van der Waals surface area contributed by atoms with Gasteiger partial charge in [-0.2, -0.15) is 0 Å². The number of aliphatic carboxylic acids is 1. The Morgan fingerprint density at radius 1 is 1.05 bits per heavy atom. The molecule has 0 aliphatic carbocycles. The highest BCUT2D eigenvalue weighted by Gasteiger charge is 2.68. The number of hydrogen-bond acceptors (Lipinski definition) is 8. The molecule has 0 bridgehead atoms. The highest BCUT2D eigenvalue weighted by atomic mass is 19.4. The van der Waals surface area contributed by atoms with Crippen LogP contribution in [0.1, 0.15) is 34.5 Å². The summed E-state index contributed by atoms with van der Waals surface area (Å²) in [7, 11) is 0. The molecule has 2 fully saturated rings. The summed E-state index contributed by atoms with van der Waals surface area (Å²) in [5.41, 5.74) is -1.65. The second kappa shape index (κ2) is 10.6. The smallest absolute Gasteiger partial charge is 0.480 e. The van der Waals surface area contributed by atoms with Gasteiger partial charge in [-0.1, -0.05) is 24.3 Å². The van der Waals surface area contributed by atoms with E-state index in [0.29, 0.717) is 11.1 Å². The van der Waals surface area contributed by atoms with Crippen molar-refractivity contribution in [2.24, 2.45) is 11.8 Å². The molecular weight excluding hydrogens is 575 g/mol. The normalized spacial score (nSPS) is 23.3. The standard InChI is InChI=1S/C29H22F3N3O8/c1-15(36)17-7-11-19(12-8-17)34-25(37)22-23(26(34)38)28(27(39)40,14-16-5-9-20(10-6-16)35(41)42)33-24(22)18-3-2-4-21(13-18)43-29(30,31)32/h2-13,22-24,33H,14H2,1H3,(H,39,40). The van der Waals surface area contributed by atoms with Crippen LogP contribution in [-0.2, 0) is 20.8 Å². The Labute approximate surface area is 241 Å². The van der Waals surface area contributed by atoms with Crippen molar-refractivity contribution in [2.45, 2.75) is 31.3 Å². The number of carbonyl (C=O) groups is 4. The number of halogens is 3. The first-order valence-corrected chi connectivity index (χ1v) is 12.8. The first-order valence-electron chi connectivity index (χ1n) is 12.8. The number of rotatable bonds is 8. The molecule has 14 heteroatoms. The predicted molar refractivity (Wildman–Crippen MR) is 142 cm³/mol. The number of hydrogen-bond donors (Lipinski definition) is 2. The van der Waals surface area contributed by atoms with Gasteiger partial charge in [0.05, 0.1) is 22.4 Å². The van der Waals surface area contributed by atoms with E-state index in [4.69, 9.17) is 0 Å². The van der Waals surface area contributed by atoms with Gasteiger partial charge >= 0.3 is 12.3 Å². The van der Waals surface area contributed by atoms with Crippen LogP contribution in [0.3, 0.4) is 0 Å². The number of Topliss-reactive ketones (excluding diaryl/α,β-unsaturated/α-hetero) is 1. The van der Waals surface area contributed by atoms with Gasteiger partial charge in [-0.05, 0) is 54.4 Å². The zero-order valence-electron chi connectivity index (χ0n) is 22.2. The molecule has 2 aliphatic heterocycles. The van der Waals surface area contributed by atoms with E-state index in [0.717, 1.165) is 29.2 Å². The number of alkyl halides is 3. The second-order valence-corrected chi connectivity index (χ2v) is 10.2. The van der Waals surface area contributed by atoms with Crippen LogP contribution in [0.4, 0.5) is 24.5 Å². The van der Waals surface area contributed by atoms with Crippen LogP contribution in [0.15, 0.2) is 72.8 Å². The number of benzene rings is 3. The monoisotopic (exact) mass is 597 g/mol. The van der Waals surface area contributed by atoms with Gasteiger partial charge < -0.3 is 9.84 Å². The van der Waals surface area contributed by atoms with Gasteiger partial charge in [0.2, 0.25) is 11.8 Å². The summed E-state index contributed by atoms with van der Waals surface area (Å²) in [5, 5.41) is 24.6. The van der Waals surface area contributed by atoms with Crippen LogP contribution >= 0.6 is 0 Å². The number of ketones is 1. The van der Waals surface area contributed by atoms with Gasteiger partial charge in [0, 0.05) is 30.2 Å². The lowest BCUT2D eigenvalue weighted by atomic mass is 9.76. The largest absolute Gasteiger partial charge is 0.573 e. The molecule has 2 heterocycles. The molecule has 2 saturated heterocycles. The molecular formula is C29H22F3N3O8. The Morgan fingerprint density at radius 2 is 1.70 bits per heavy atom. The van der Waals surface area contributed by atoms with Gasteiger partial charge in [-0.15, -0.1) is 13.2 Å². The zero-order valence-corrected chi connectivity index (χ0v) is 22.2. The number of amides is 2. The van der Waals surface area contributed by atoms with Crippen LogP contribution in [0.25, 0.3) is 0 Å². The molecule has 222 valence electrons. The summed E-state index contributed by atoms with van der Waals surface area (Å²) in [6.07, 6.45) is -5.42. The van der Waals surface area contributed by atoms with Crippen LogP contribution in [0.5, 0.6) is 5.75 Å². The number of anilines is 1. The SMILES string of the molecule is CC(=O)c1ccc(N2C(=O)C3C(c4cccc(OC(F)(F)F)c4)NC(Cc4ccc([N+](=O)[O-])cc4)(C(=O)O)C3C2=O)cc1. The van der Waals surface area contributed by atoms with Crippen molar-refractivity contribution in [2.75, 3.05) is 4.90 Å². The number of nitro groups is 1. The Hall–Kier alpha value is -5.11. The summed E-state index contributed by atoms with van der Waals surface area (Å²) >= 11 is 0. The van der Waals surface area contributed by atoms with Gasteiger partial charge in [-0.25, -0.2) is 4.90 Å². The molecule has 3 aromatic rings. The number of fused-ring (bicyclic) bond motifs is 1. The van der Waals surface area contributed by atoms with Crippen molar-refractivity contribution in [3.63, 3.8) is 0 Å². The number of imide groups is 1. The second-order valence-electron chi connectivity index (χ2n) is 10.2. The molecule has 5 rings (SSSR count). The van der Waals surface area contributed by atoms with Gasteiger partial charge in [-0.3, -0.25) is 34.6 Å². The van der Waals surface area contributed by atoms with E-state index in [1.54, 1.807) is 0 Å². The Balaban J connectivity index is 1.62. The fourth-order valence-electron chi connectivity index (χ4n) is 5.79. The number of nitro benzene ring substituents is 1. The van der Waals surface area contributed by atoms with Crippen molar-refractivity contribution in [1.82, 2.24) is 5.32 Å². The van der Waals surface area contributed by atoms with Crippen LogP contribution in [0.2, 0.25) is 0 Å². The van der Waals surface area contributed by atoms with Crippen LogP contribution in [-0.4, -0.2) is 45.5 Å². The third-order valence-corrected chi connectivity index (χ3v) is 7.65. The Kier molecular flexibility index (Phi) is 7.26. The molecule has 11 nitrogen and oxygen atoms in total. The maximum absolute atomic E-state index is 14.0. The predicted octanol–water partition coefficient (Wildman–Crippen LogP) is 4.21. The van der Waals surface area contributed by atoms with E-state index in [1.165, 1.54) is 55.5 Å². The molecule has 2 amide bonds.